The lowest BCUT2D eigenvalue weighted by Crippen LogP contribution is -2.43. The molecule has 0 aliphatic rings. The van der Waals surface area contributed by atoms with Gasteiger partial charge in [-0.05, 0) is 32.0 Å². The van der Waals surface area contributed by atoms with Crippen molar-refractivity contribution >= 4 is 43.4 Å². The van der Waals surface area contributed by atoms with Crippen LogP contribution >= 0.6 is 0 Å². The van der Waals surface area contributed by atoms with Crippen molar-refractivity contribution in [2.75, 3.05) is 0 Å². The molecule has 0 fully saturated rings. The average Bonchev–Trinajstić information content (AvgIpc) is 2.79. The number of nitro groups is 1. The topological polar surface area (TPSA) is 101 Å². The second kappa shape index (κ2) is 8.25. The summed E-state index contributed by atoms with van der Waals surface area (Å²) in [6, 6.07) is 18.8. The highest BCUT2D eigenvalue weighted by atomic mass is 32.2. The molecular formula is C24H22N3O5S+. The highest BCUT2D eigenvalue weighted by Crippen LogP contribution is 2.32. The molecule has 8 nitrogen and oxygen atoms in total. The van der Waals surface area contributed by atoms with E-state index in [0.29, 0.717) is 10.8 Å². The molecular weight excluding hydrogens is 442 g/mol. The van der Waals surface area contributed by atoms with Gasteiger partial charge in [-0.2, -0.15) is 4.57 Å². The molecule has 1 aromatic heterocycles. The Morgan fingerprint density at radius 1 is 0.909 bits per heavy atom. The number of carbonyl (C=O) groups excluding carboxylic acids is 1. The van der Waals surface area contributed by atoms with Crippen LogP contribution in [0.15, 0.2) is 77.7 Å². The summed E-state index contributed by atoms with van der Waals surface area (Å²) in [7, 11) is -2.66. The van der Waals surface area contributed by atoms with Crippen LogP contribution in [0.3, 0.4) is 0 Å². The Balaban J connectivity index is 2.03. The Hall–Kier alpha value is -3.85. The van der Waals surface area contributed by atoms with Crippen LogP contribution in [0.2, 0.25) is 0 Å². The monoisotopic (exact) mass is 464 g/mol. The van der Waals surface area contributed by atoms with Gasteiger partial charge in [0.05, 0.1) is 21.3 Å². The summed E-state index contributed by atoms with van der Waals surface area (Å²) in [5.74, 6) is -0.740. The molecule has 0 aliphatic carbocycles. The fraction of sp³-hybridized carbons (Fsp3) is 0.167. The lowest BCUT2D eigenvalue weighted by atomic mass is 10.0. The number of nitrogens with zero attached hydrogens (tertiary/aromatic N) is 3. The van der Waals surface area contributed by atoms with E-state index in [-0.39, 0.29) is 5.56 Å². The number of rotatable bonds is 5. The van der Waals surface area contributed by atoms with Crippen LogP contribution < -0.4 is 4.57 Å². The van der Waals surface area contributed by atoms with Gasteiger partial charge in [-0.25, -0.2) is 12.7 Å². The maximum absolute atomic E-state index is 14.0. The Kier molecular flexibility index (Phi) is 5.59. The van der Waals surface area contributed by atoms with E-state index in [1.807, 2.05) is 35.9 Å². The molecule has 0 saturated heterocycles. The van der Waals surface area contributed by atoms with Gasteiger partial charge in [0.1, 0.15) is 7.05 Å². The average molecular weight is 465 g/mol. The SMILES string of the molecule is CC(C)N(C(=O)c1c2ccccc2[n+](C)c2ccccc12)S(=O)(=O)c1ccccc1[N+](=O)[O-]. The van der Waals surface area contributed by atoms with Crippen molar-refractivity contribution in [3.8, 4) is 0 Å². The molecule has 0 radical (unpaired) electrons. The van der Waals surface area contributed by atoms with Crippen molar-refractivity contribution in [1.82, 2.24) is 4.31 Å². The van der Waals surface area contributed by atoms with Crippen molar-refractivity contribution < 1.29 is 22.7 Å². The molecule has 0 saturated carbocycles. The van der Waals surface area contributed by atoms with E-state index in [0.717, 1.165) is 27.5 Å². The van der Waals surface area contributed by atoms with Gasteiger partial charge in [0.25, 0.3) is 21.6 Å². The van der Waals surface area contributed by atoms with Crippen molar-refractivity contribution in [3.63, 3.8) is 0 Å². The normalized spacial score (nSPS) is 11.8. The van der Waals surface area contributed by atoms with E-state index in [4.69, 9.17) is 0 Å². The molecule has 0 spiro atoms. The Morgan fingerprint density at radius 2 is 1.39 bits per heavy atom. The molecule has 0 atom stereocenters. The van der Waals surface area contributed by atoms with Crippen LogP contribution in [0.1, 0.15) is 24.2 Å². The smallest absolute Gasteiger partial charge is 0.268 e. The van der Waals surface area contributed by atoms with Crippen LogP contribution in [-0.2, 0) is 17.1 Å². The second-order valence-corrected chi connectivity index (χ2v) is 9.68. The molecule has 168 valence electrons. The van der Waals surface area contributed by atoms with Gasteiger partial charge >= 0.3 is 0 Å². The zero-order valence-electron chi connectivity index (χ0n) is 18.3. The van der Waals surface area contributed by atoms with Gasteiger partial charge in [0, 0.05) is 24.2 Å². The Bertz CT molecular complexity index is 1470. The number of carbonyl (C=O) groups is 1. The third-order valence-corrected chi connectivity index (χ3v) is 7.56. The van der Waals surface area contributed by atoms with Crippen LogP contribution in [0.25, 0.3) is 21.8 Å². The standard InChI is InChI=1S/C24H22N3O5S/c1-16(2)26(33(31,32)22-15-9-8-14-21(22)27(29)30)24(28)23-17-10-4-6-12-19(17)25(3)20-13-7-5-11-18(20)23/h4-16H,1-3H3/q+1. The van der Waals surface area contributed by atoms with Gasteiger partial charge in [-0.3, -0.25) is 14.9 Å². The van der Waals surface area contributed by atoms with E-state index in [2.05, 4.69) is 0 Å². The number of hydrogen-bond acceptors (Lipinski definition) is 5. The minimum atomic E-state index is -4.54. The minimum absolute atomic E-state index is 0.232. The molecule has 4 aromatic rings. The zero-order valence-corrected chi connectivity index (χ0v) is 19.1. The van der Waals surface area contributed by atoms with Crippen LogP contribution in [0.4, 0.5) is 5.69 Å². The fourth-order valence-electron chi connectivity index (χ4n) is 4.12. The van der Waals surface area contributed by atoms with Crippen LogP contribution in [0, 0.1) is 10.1 Å². The highest BCUT2D eigenvalue weighted by molar-refractivity contribution is 7.89. The number of aromatic nitrogens is 1. The summed E-state index contributed by atoms with van der Waals surface area (Å²) in [6.07, 6.45) is 0. The summed E-state index contributed by atoms with van der Waals surface area (Å²) >= 11 is 0. The van der Waals surface area contributed by atoms with Crippen molar-refractivity contribution in [2.24, 2.45) is 7.05 Å². The number of nitro benzene ring substituents is 1. The number of fused-ring (bicyclic) bond motifs is 2. The lowest BCUT2D eigenvalue weighted by Gasteiger charge is -2.27. The summed E-state index contributed by atoms with van der Waals surface area (Å²) in [5, 5.41) is 12.7. The van der Waals surface area contributed by atoms with E-state index >= 15 is 0 Å². The molecule has 9 heteroatoms. The van der Waals surface area contributed by atoms with Crippen molar-refractivity contribution in [3.05, 3.63) is 88.5 Å². The minimum Gasteiger partial charge on any atom is -0.268 e. The number of para-hydroxylation sites is 3. The molecule has 0 aliphatic heterocycles. The maximum atomic E-state index is 14.0. The highest BCUT2D eigenvalue weighted by Gasteiger charge is 2.38. The second-order valence-electron chi connectivity index (χ2n) is 7.89. The Morgan fingerprint density at radius 3 is 1.91 bits per heavy atom. The first-order valence-electron chi connectivity index (χ1n) is 10.3. The Labute approximate surface area is 190 Å². The van der Waals surface area contributed by atoms with E-state index in [1.165, 1.54) is 12.1 Å². The van der Waals surface area contributed by atoms with Gasteiger partial charge in [0.2, 0.25) is 11.0 Å². The summed E-state index contributed by atoms with van der Waals surface area (Å²) in [6.45, 7) is 3.13. The number of amides is 1. The van der Waals surface area contributed by atoms with Gasteiger partial charge in [0.15, 0.2) is 4.90 Å². The van der Waals surface area contributed by atoms with Gasteiger partial charge < -0.3 is 0 Å². The first-order valence-corrected chi connectivity index (χ1v) is 11.7. The lowest BCUT2D eigenvalue weighted by molar-refractivity contribution is -0.617. The number of benzene rings is 3. The molecule has 33 heavy (non-hydrogen) atoms. The predicted molar refractivity (Wildman–Crippen MR) is 124 cm³/mol. The molecule has 1 heterocycles. The number of sulfonamides is 1. The summed E-state index contributed by atoms with van der Waals surface area (Å²) in [4.78, 5) is 24.2. The largest absolute Gasteiger partial charge is 0.289 e. The van der Waals surface area contributed by atoms with E-state index < -0.39 is 37.5 Å². The molecule has 4 rings (SSSR count). The third kappa shape index (κ3) is 3.60. The van der Waals surface area contributed by atoms with Crippen molar-refractivity contribution in [1.29, 1.82) is 0 Å². The number of aryl methyl sites for hydroxylation is 1. The maximum Gasteiger partial charge on any atom is 0.289 e. The fourth-order valence-corrected chi connectivity index (χ4v) is 5.86. The molecule has 0 bridgehead atoms. The predicted octanol–water partition coefficient (Wildman–Crippen LogP) is 3.97. The zero-order chi connectivity index (χ0) is 23.9. The molecule has 0 N–H and O–H groups in total. The molecule has 3 aromatic carbocycles. The van der Waals surface area contributed by atoms with Gasteiger partial charge in [-0.1, -0.05) is 36.4 Å². The summed E-state index contributed by atoms with van der Waals surface area (Å²) < 4.78 is 30.0. The summed E-state index contributed by atoms with van der Waals surface area (Å²) in [5.41, 5.74) is 1.16. The molecule has 1 amide bonds. The van der Waals surface area contributed by atoms with Gasteiger partial charge in [-0.15, -0.1) is 0 Å². The van der Waals surface area contributed by atoms with E-state index in [1.54, 1.807) is 38.1 Å². The van der Waals surface area contributed by atoms with Crippen LogP contribution in [-0.4, -0.2) is 29.6 Å². The number of pyridine rings is 1. The molecule has 0 unspecified atom stereocenters. The van der Waals surface area contributed by atoms with E-state index in [9.17, 15) is 23.3 Å². The first-order chi connectivity index (χ1) is 15.7. The quantitative estimate of drug-likeness (QED) is 0.193. The van der Waals surface area contributed by atoms with Crippen LogP contribution in [0.5, 0.6) is 0 Å². The number of hydrogen-bond donors (Lipinski definition) is 0. The third-order valence-electron chi connectivity index (χ3n) is 5.55. The first kappa shape index (κ1) is 22.3. The van der Waals surface area contributed by atoms with Crippen molar-refractivity contribution in [2.45, 2.75) is 24.8 Å².